The molecule has 246 valence electrons. The zero-order chi connectivity index (χ0) is 34.5. The molecule has 0 atom stereocenters. The molecular formula is C41H37N3O5. The van der Waals surface area contributed by atoms with Crippen LogP contribution in [0.15, 0.2) is 113 Å². The van der Waals surface area contributed by atoms with Gasteiger partial charge in [0.15, 0.2) is 5.78 Å². The first-order chi connectivity index (χ1) is 23.8. The number of carbonyl (C=O) groups is 3. The molecule has 1 aromatic heterocycles. The number of rotatable bonds is 11. The van der Waals surface area contributed by atoms with Gasteiger partial charge in [-0.15, -0.1) is 0 Å². The predicted molar refractivity (Wildman–Crippen MR) is 195 cm³/mol. The van der Waals surface area contributed by atoms with Crippen molar-refractivity contribution >= 4 is 61.7 Å². The van der Waals surface area contributed by atoms with Gasteiger partial charge in [-0.1, -0.05) is 91.6 Å². The number of hydrogen-bond donors (Lipinski definition) is 0. The summed E-state index contributed by atoms with van der Waals surface area (Å²) in [4.78, 5) is 46.9. The maximum Gasteiger partial charge on any atom is 0.331 e. The fourth-order valence-electron chi connectivity index (χ4n) is 6.12. The second-order valence-corrected chi connectivity index (χ2v) is 12.0. The minimum Gasteiger partial charge on any atom is -0.318 e. The maximum atomic E-state index is 13.9. The van der Waals surface area contributed by atoms with Crippen molar-refractivity contribution in [3.8, 4) is 5.69 Å². The van der Waals surface area contributed by atoms with Gasteiger partial charge in [-0.05, 0) is 77.7 Å². The first-order valence-electron chi connectivity index (χ1n) is 16.5. The van der Waals surface area contributed by atoms with Crippen LogP contribution in [0.5, 0.6) is 0 Å². The molecule has 0 saturated heterocycles. The number of hydrogen-bond acceptors (Lipinski definition) is 7. The lowest BCUT2D eigenvalue weighted by atomic mass is 9.98. The van der Waals surface area contributed by atoms with Gasteiger partial charge in [0.25, 0.3) is 0 Å². The maximum absolute atomic E-state index is 13.9. The summed E-state index contributed by atoms with van der Waals surface area (Å²) in [7, 11) is 0. The van der Waals surface area contributed by atoms with Crippen LogP contribution in [-0.2, 0) is 19.3 Å². The van der Waals surface area contributed by atoms with Crippen molar-refractivity contribution in [1.82, 2.24) is 4.57 Å². The highest BCUT2D eigenvalue weighted by molar-refractivity contribution is 6.17. The minimum absolute atomic E-state index is 0.0623. The van der Waals surface area contributed by atoms with Gasteiger partial charge in [-0.2, -0.15) is 0 Å². The Kier molecular flexibility index (Phi) is 9.76. The summed E-state index contributed by atoms with van der Waals surface area (Å²) in [5.74, 6) is -1.01. The van der Waals surface area contributed by atoms with Gasteiger partial charge in [0, 0.05) is 47.0 Å². The predicted octanol–water partition coefficient (Wildman–Crippen LogP) is 9.30. The SMILES string of the molecule is CCCC(=NOC(C)=O)c1ccc(-n2c3ccc(C(=O)c4ccc5ccccc5c4)cc3c3cc(C(CCC)=NOC(C)=O)ccc32)cc1. The van der Waals surface area contributed by atoms with Crippen LogP contribution in [-0.4, -0.2) is 33.7 Å². The van der Waals surface area contributed by atoms with Crippen molar-refractivity contribution in [1.29, 1.82) is 0 Å². The molecule has 8 heteroatoms. The Bertz CT molecular complexity index is 2280. The van der Waals surface area contributed by atoms with E-state index in [4.69, 9.17) is 9.68 Å². The highest BCUT2D eigenvalue weighted by atomic mass is 16.7. The van der Waals surface area contributed by atoms with Crippen LogP contribution in [0.1, 0.15) is 80.4 Å². The van der Waals surface area contributed by atoms with E-state index in [-0.39, 0.29) is 5.78 Å². The Morgan fingerprint density at radius 1 is 0.571 bits per heavy atom. The van der Waals surface area contributed by atoms with E-state index in [1.54, 1.807) is 0 Å². The van der Waals surface area contributed by atoms with Crippen molar-refractivity contribution in [2.24, 2.45) is 10.3 Å². The van der Waals surface area contributed by atoms with E-state index in [2.05, 4.69) is 20.9 Å². The Morgan fingerprint density at radius 2 is 1.06 bits per heavy atom. The molecule has 5 aromatic carbocycles. The molecule has 0 amide bonds. The molecule has 0 unspecified atom stereocenters. The summed E-state index contributed by atoms with van der Waals surface area (Å²) in [6.45, 7) is 6.76. The Labute approximate surface area is 284 Å². The summed E-state index contributed by atoms with van der Waals surface area (Å²) in [5.41, 5.74) is 7.04. The van der Waals surface area contributed by atoms with Crippen molar-refractivity contribution in [2.45, 2.75) is 53.4 Å². The van der Waals surface area contributed by atoms with Gasteiger partial charge in [0.2, 0.25) is 0 Å². The molecule has 0 aliphatic heterocycles. The highest BCUT2D eigenvalue weighted by Gasteiger charge is 2.18. The summed E-state index contributed by atoms with van der Waals surface area (Å²) in [6.07, 6.45) is 2.95. The zero-order valence-corrected chi connectivity index (χ0v) is 28.0. The molecule has 6 rings (SSSR count). The average Bonchev–Trinajstić information content (AvgIpc) is 3.44. The Morgan fingerprint density at radius 3 is 1.65 bits per heavy atom. The van der Waals surface area contributed by atoms with Crippen LogP contribution < -0.4 is 0 Å². The second kappa shape index (κ2) is 14.5. The molecule has 0 spiro atoms. The first-order valence-corrected chi connectivity index (χ1v) is 16.5. The van der Waals surface area contributed by atoms with Crippen molar-refractivity contribution in [3.63, 3.8) is 0 Å². The van der Waals surface area contributed by atoms with Crippen LogP contribution in [0, 0.1) is 0 Å². The molecule has 49 heavy (non-hydrogen) atoms. The molecule has 0 bridgehead atoms. The van der Waals surface area contributed by atoms with E-state index >= 15 is 0 Å². The van der Waals surface area contributed by atoms with E-state index in [1.807, 2.05) is 111 Å². The average molecular weight is 652 g/mol. The van der Waals surface area contributed by atoms with Crippen LogP contribution in [0.3, 0.4) is 0 Å². The number of oxime groups is 2. The van der Waals surface area contributed by atoms with E-state index in [1.165, 1.54) is 13.8 Å². The topological polar surface area (TPSA) is 99.3 Å². The van der Waals surface area contributed by atoms with E-state index in [0.29, 0.717) is 35.4 Å². The second-order valence-electron chi connectivity index (χ2n) is 12.0. The number of benzene rings is 5. The summed E-state index contributed by atoms with van der Waals surface area (Å²) in [6, 6.07) is 33.6. The molecule has 8 nitrogen and oxygen atoms in total. The number of nitrogens with zero attached hydrogens (tertiary/aromatic N) is 3. The van der Waals surface area contributed by atoms with Gasteiger partial charge in [0.1, 0.15) is 0 Å². The van der Waals surface area contributed by atoms with Crippen molar-refractivity contribution < 1.29 is 24.1 Å². The smallest absolute Gasteiger partial charge is 0.318 e. The van der Waals surface area contributed by atoms with Crippen molar-refractivity contribution in [2.75, 3.05) is 0 Å². The van der Waals surface area contributed by atoms with Crippen LogP contribution in [0.25, 0.3) is 38.3 Å². The van der Waals surface area contributed by atoms with Crippen LogP contribution >= 0.6 is 0 Å². The Hall–Kier alpha value is -5.89. The molecule has 0 saturated carbocycles. The van der Waals surface area contributed by atoms with Gasteiger partial charge >= 0.3 is 11.9 Å². The summed E-state index contributed by atoms with van der Waals surface area (Å²) in [5, 5.41) is 12.2. The molecular weight excluding hydrogens is 614 g/mol. The third-order valence-electron chi connectivity index (χ3n) is 8.37. The van der Waals surface area contributed by atoms with Gasteiger partial charge in [0.05, 0.1) is 22.5 Å². The number of carbonyl (C=O) groups excluding carboxylic acids is 3. The normalized spacial score (nSPS) is 12.1. The molecule has 0 radical (unpaired) electrons. The van der Waals surface area contributed by atoms with Gasteiger partial charge in [-0.3, -0.25) is 4.79 Å². The number of ketones is 1. The quantitative estimate of drug-likeness (QED) is 0.0602. The minimum atomic E-state index is -0.480. The molecule has 6 aromatic rings. The van der Waals surface area contributed by atoms with Crippen molar-refractivity contribution in [3.05, 3.63) is 125 Å². The summed E-state index contributed by atoms with van der Waals surface area (Å²) < 4.78 is 2.16. The largest absolute Gasteiger partial charge is 0.331 e. The van der Waals surface area contributed by atoms with Gasteiger partial charge < -0.3 is 14.2 Å². The fraction of sp³-hybridized carbons (Fsp3) is 0.195. The Balaban J connectivity index is 1.50. The third-order valence-corrected chi connectivity index (χ3v) is 8.37. The van der Waals surface area contributed by atoms with Gasteiger partial charge in [-0.25, -0.2) is 9.59 Å². The highest BCUT2D eigenvalue weighted by Crippen LogP contribution is 2.34. The third kappa shape index (κ3) is 7.04. The van der Waals surface area contributed by atoms with E-state index in [0.717, 1.165) is 62.2 Å². The first kappa shape index (κ1) is 33.0. The molecule has 0 N–H and O–H groups in total. The van der Waals surface area contributed by atoms with Crippen LogP contribution in [0.2, 0.25) is 0 Å². The summed E-state index contributed by atoms with van der Waals surface area (Å²) >= 11 is 0. The molecule has 0 aliphatic rings. The zero-order valence-electron chi connectivity index (χ0n) is 28.0. The molecule has 1 heterocycles. The lowest BCUT2D eigenvalue weighted by molar-refractivity contribution is -0.141. The fourth-order valence-corrected chi connectivity index (χ4v) is 6.12. The standard InChI is InChI=1S/C41H37N3O5/c1-5-9-37(42-48-26(3)45)29-15-19-34(20-16-29)44-39-21-17-31(38(10-6-2)43-49-27(4)46)24-35(39)36-25-33(18-22-40(36)44)41(47)32-14-13-28-11-7-8-12-30(28)23-32/h7-8,11-25H,5-6,9-10H2,1-4H3. The monoisotopic (exact) mass is 651 g/mol. The lowest BCUT2D eigenvalue weighted by Gasteiger charge is -2.11. The number of fused-ring (bicyclic) bond motifs is 4. The van der Waals surface area contributed by atoms with Crippen LogP contribution in [0.4, 0.5) is 0 Å². The molecule has 0 aliphatic carbocycles. The lowest BCUT2D eigenvalue weighted by Crippen LogP contribution is -2.05. The molecule has 0 fully saturated rings. The number of aromatic nitrogens is 1. The van der Waals surface area contributed by atoms with E-state index in [9.17, 15) is 14.4 Å². The van der Waals surface area contributed by atoms with E-state index < -0.39 is 11.9 Å².